The molecule has 2 aromatic carbocycles. The molecule has 0 aromatic heterocycles. The summed E-state index contributed by atoms with van der Waals surface area (Å²) in [5.41, 5.74) is 5.93. The Morgan fingerprint density at radius 1 is 1.20 bits per heavy atom. The molecule has 104 valence electrons. The largest absolute Gasteiger partial charge is 0.455 e. The fourth-order valence-corrected chi connectivity index (χ4v) is 2.83. The molecule has 0 aliphatic heterocycles. The van der Waals surface area contributed by atoms with Gasteiger partial charge in [-0.1, -0.05) is 17.7 Å². The number of ether oxygens (including phenoxy) is 1. The Bertz CT molecular complexity index is 694. The maximum Gasteiger partial charge on any atom is 0.145 e. The van der Waals surface area contributed by atoms with Crippen molar-refractivity contribution >= 4 is 49.3 Å². The van der Waals surface area contributed by atoms with Crippen molar-refractivity contribution < 1.29 is 9.13 Å². The van der Waals surface area contributed by atoms with E-state index in [2.05, 4.69) is 31.9 Å². The normalized spacial score (nSPS) is 10.4. The summed E-state index contributed by atoms with van der Waals surface area (Å²) in [6, 6.07) is 7.67. The summed E-state index contributed by atoms with van der Waals surface area (Å²) in [5.74, 6) is -0.163. The Balaban J connectivity index is 2.48. The Morgan fingerprint density at radius 2 is 1.90 bits per heavy atom. The minimum Gasteiger partial charge on any atom is -0.455 e. The molecule has 0 aliphatic carbocycles. The highest BCUT2D eigenvalue weighted by atomic mass is 79.9. The van der Waals surface area contributed by atoms with E-state index in [9.17, 15) is 4.39 Å². The Kier molecular flexibility index (Phi) is 4.67. The van der Waals surface area contributed by atoms with Gasteiger partial charge in [-0.05, 0) is 50.1 Å². The lowest BCUT2D eigenvalue weighted by Gasteiger charge is -2.13. The molecule has 0 spiro atoms. The lowest BCUT2D eigenvalue weighted by Crippen LogP contribution is -2.13. The average molecular weight is 422 g/mol. The van der Waals surface area contributed by atoms with E-state index in [4.69, 9.17) is 27.5 Å². The van der Waals surface area contributed by atoms with Crippen LogP contribution in [0.25, 0.3) is 0 Å². The lowest BCUT2D eigenvalue weighted by molar-refractivity contribution is 0.472. The van der Waals surface area contributed by atoms with Gasteiger partial charge in [0.1, 0.15) is 23.2 Å². The summed E-state index contributed by atoms with van der Waals surface area (Å²) in [6.07, 6.45) is 0. The summed E-state index contributed by atoms with van der Waals surface area (Å²) in [7, 11) is 0. The number of benzene rings is 2. The number of amidine groups is 1. The van der Waals surface area contributed by atoms with Crippen LogP contribution in [0.1, 0.15) is 5.56 Å². The molecule has 2 aromatic rings. The fraction of sp³-hybridized carbons (Fsp3) is 0. The second-order valence-corrected chi connectivity index (χ2v) is 5.94. The molecule has 0 saturated carbocycles. The van der Waals surface area contributed by atoms with E-state index in [-0.39, 0.29) is 16.6 Å². The number of nitrogens with one attached hydrogen (secondary N) is 1. The summed E-state index contributed by atoms with van der Waals surface area (Å²) in [6.45, 7) is 0. The van der Waals surface area contributed by atoms with Crippen molar-refractivity contribution in [3.8, 4) is 11.5 Å². The molecule has 0 heterocycles. The summed E-state index contributed by atoms with van der Waals surface area (Å²) in [4.78, 5) is 0. The summed E-state index contributed by atoms with van der Waals surface area (Å²) < 4.78 is 20.2. The highest BCUT2D eigenvalue weighted by molar-refractivity contribution is 9.10. The van der Waals surface area contributed by atoms with Gasteiger partial charge < -0.3 is 10.5 Å². The van der Waals surface area contributed by atoms with Gasteiger partial charge in [0, 0.05) is 10.5 Å². The zero-order valence-electron chi connectivity index (χ0n) is 9.88. The van der Waals surface area contributed by atoms with Crippen LogP contribution in [0.4, 0.5) is 4.39 Å². The molecule has 0 fully saturated rings. The third-order valence-corrected chi connectivity index (χ3v) is 4.01. The van der Waals surface area contributed by atoms with Gasteiger partial charge in [-0.2, -0.15) is 0 Å². The molecule has 0 atom stereocenters. The van der Waals surface area contributed by atoms with E-state index < -0.39 is 5.82 Å². The second-order valence-electron chi connectivity index (χ2n) is 3.83. The van der Waals surface area contributed by atoms with Crippen LogP contribution in [0.15, 0.2) is 39.3 Å². The van der Waals surface area contributed by atoms with Crippen molar-refractivity contribution in [3.05, 3.63) is 55.7 Å². The molecule has 3 N–H and O–H groups in total. The van der Waals surface area contributed by atoms with Crippen LogP contribution < -0.4 is 10.5 Å². The van der Waals surface area contributed by atoms with Crippen molar-refractivity contribution in [2.24, 2.45) is 5.73 Å². The topological polar surface area (TPSA) is 59.1 Å². The Hall–Kier alpha value is -1.11. The van der Waals surface area contributed by atoms with Crippen LogP contribution >= 0.6 is 43.5 Å². The first-order valence-electron chi connectivity index (χ1n) is 5.35. The van der Waals surface area contributed by atoms with Gasteiger partial charge in [0.15, 0.2) is 0 Å². The van der Waals surface area contributed by atoms with E-state index in [1.54, 1.807) is 18.2 Å². The fourth-order valence-electron chi connectivity index (χ4n) is 1.55. The van der Waals surface area contributed by atoms with Gasteiger partial charge >= 0.3 is 0 Å². The molecule has 2 rings (SSSR count). The number of nitrogen functional groups attached to an aromatic ring is 1. The molecule has 20 heavy (non-hydrogen) atoms. The molecule has 0 saturated heterocycles. The van der Waals surface area contributed by atoms with Crippen molar-refractivity contribution in [1.82, 2.24) is 0 Å². The highest BCUT2D eigenvalue weighted by Gasteiger charge is 2.14. The molecule has 7 heteroatoms. The molecular weight excluding hydrogens is 414 g/mol. The van der Waals surface area contributed by atoms with Crippen LogP contribution in [-0.2, 0) is 0 Å². The number of hydrogen-bond acceptors (Lipinski definition) is 2. The SMILES string of the molecule is N=C(N)c1c(Br)cccc1Oc1cc(F)c(Cl)cc1Br. The van der Waals surface area contributed by atoms with Gasteiger partial charge in [0.05, 0.1) is 15.1 Å². The van der Waals surface area contributed by atoms with Crippen LogP contribution in [0.5, 0.6) is 11.5 Å². The van der Waals surface area contributed by atoms with Gasteiger partial charge in [0.2, 0.25) is 0 Å². The Labute approximate surface area is 136 Å². The molecule has 0 radical (unpaired) electrons. The predicted octanol–water partition coefficient (Wildman–Crippen LogP) is 5.08. The first-order valence-corrected chi connectivity index (χ1v) is 7.32. The van der Waals surface area contributed by atoms with Crippen LogP contribution in [-0.4, -0.2) is 5.84 Å². The standard InChI is InChI=1S/C13H8Br2ClFN2O/c14-6-2-1-3-10(12(6)13(18)19)20-11-5-9(17)8(16)4-7(11)15/h1-5H,(H3,18,19). The van der Waals surface area contributed by atoms with Gasteiger partial charge in [-0.25, -0.2) is 4.39 Å². The zero-order valence-corrected chi connectivity index (χ0v) is 13.8. The first-order chi connectivity index (χ1) is 9.40. The van der Waals surface area contributed by atoms with E-state index in [1.165, 1.54) is 6.07 Å². The van der Waals surface area contributed by atoms with E-state index >= 15 is 0 Å². The van der Waals surface area contributed by atoms with E-state index in [0.717, 1.165) is 6.07 Å². The monoisotopic (exact) mass is 420 g/mol. The van der Waals surface area contributed by atoms with Gasteiger partial charge in [-0.3, -0.25) is 5.41 Å². The second kappa shape index (κ2) is 6.11. The van der Waals surface area contributed by atoms with Crippen LogP contribution in [0.2, 0.25) is 5.02 Å². The third-order valence-electron chi connectivity index (χ3n) is 2.44. The third kappa shape index (κ3) is 3.13. The maximum atomic E-state index is 13.5. The van der Waals surface area contributed by atoms with Gasteiger partial charge in [0.25, 0.3) is 0 Å². The summed E-state index contributed by atoms with van der Waals surface area (Å²) in [5, 5.41) is 7.56. The van der Waals surface area contributed by atoms with Crippen LogP contribution in [0.3, 0.4) is 0 Å². The minimum absolute atomic E-state index is 0.00902. The molecule has 0 amide bonds. The molecule has 3 nitrogen and oxygen atoms in total. The average Bonchev–Trinajstić information content (AvgIpc) is 2.35. The first kappa shape index (κ1) is 15.3. The van der Waals surface area contributed by atoms with Crippen molar-refractivity contribution in [2.45, 2.75) is 0 Å². The molecule has 0 unspecified atom stereocenters. The van der Waals surface area contributed by atoms with Gasteiger partial charge in [-0.15, -0.1) is 0 Å². The number of nitrogens with two attached hydrogens (primary N) is 1. The highest BCUT2D eigenvalue weighted by Crippen LogP contribution is 2.36. The molecule has 0 bridgehead atoms. The van der Waals surface area contributed by atoms with E-state index in [1.807, 2.05) is 0 Å². The Morgan fingerprint density at radius 3 is 2.55 bits per heavy atom. The smallest absolute Gasteiger partial charge is 0.145 e. The maximum absolute atomic E-state index is 13.5. The van der Waals surface area contributed by atoms with Crippen molar-refractivity contribution in [2.75, 3.05) is 0 Å². The molecule has 0 aliphatic rings. The number of hydrogen-bond donors (Lipinski definition) is 2. The van der Waals surface area contributed by atoms with Crippen molar-refractivity contribution in [1.29, 1.82) is 5.41 Å². The summed E-state index contributed by atoms with van der Waals surface area (Å²) >= 11 is 12.2. The quantitative estimate of drug-likeness (QED) is 0.412. The lowest BCUT2D eigenvalue weighted by atomic mass is 10.2. The van der Waals surface area contributed by atoms with Crippen LogP contribution in [0, 0.1) is 11.2 Å². The molecular formula is C13H8Br2ClFN2O. The van der Waals surface area contributed by atoms with Crippen molar-refractivity contribution in [3.63, 3.8) is 0 Å². The number of rotatable bonds is 3. The minimum atomic E-state index is -0.593. The zero-order chi connectivity index (χ0) is 14.9. The van der Waals surface area contributed by atoms with E-state index in [0.29, 0.717) is 20.3 Å². The predicted molar refractivity (Wildman–Crippen MR) is 84.3 cm³/mol. The number of halogens is 4.